The van der Waals surface area contributed by atoms with Gasteiger partial charge in [-0.25, -0.2) is 8.42 Å². The molecule has 0 unspecified atom stereocenters. The van der Waals surface area contributed by atoms with Crippen LogP contribution < -0.4 is 4.90 Å². The largest absolute Gasteiger partial charge is 0.421 e. The van der Waals surface area contributed by atoms with E-state index in [1.807, 2.05) is 0 Å². The summed E-state index contributed by atoms with van der Waals surface area (Å²) >= 11 is 1.20. The molecule has 0 radical (unpaired) electrons. The fourth-order valence-corrected chi connectivity index (χ4v) is 7.69. The van der Waals surface area contributed by atoms with Gasteiger partial charge in [-0.05, 0) is 48.4 Å². The molecule has 2 fully saturated rings. The molecule has 2 aromatic rings. The summed E-state index contributed by atoms with van der Waals surface area (Å²) in [4.78, 5) is 2.13. The summed E-state index contributed by atoms with van der Waals surface area (Å²) in [6.07, 6.45) is 1.89. The maximum absolute atomic E-state index is 13.2. The first-order valence-electron chi connectivity index (χ1n) is 11.7. The summed E-state index contributed by atoms with van der Waals surface area (Å²) in [5, 5.41) is 11.7. The Bertz CT molecular complexity index is 1050. The molecule has 1 aromatic carbocycles. The topological polar surface area (TPSA) is 60.9 Å². The molecule has 1 aromatic heterocycles. The van der Waals surface area contributed by atoms with E-state index in [0.717, 1.165) is 31.9 Å². The van der Waals surface area contributed by atoms with Crippen molar-refractivity contribution in [1.82, 2.24) is 4.31 Å². The first-order valence-corrected chi connectivity index (χ1v) is 14.0. The summed E-state index contributed by atoms with van der Waals surface area (Å²) in [5.41, 5.74) is -2.40. The number of thiophene rings is 1. The Morgan fingerprint density at radius 3 is 2.32 bits per heavy atom. The fourth-order valence-electron chi connectivity index (χ4n) is 5.07. The predicted molar refractivity (Wildman–Crippen MR) is 127 cm³/mol. The van der Waals surface area contributed by atoms with Crippen molar-refractivity contribution in [1.29, 1.82) is 0 Å². The van der Waals surface area contributed by atoms with Crippen LogP contribution in [0.25, 0.3) is 0 Å². The van der Waals surface area contributed by atoms with Crippen LogP contribution in [0.15, 0.2) is 46.0 Å². The number of hydrogen-bond donors (Lipinski definition) is 1. The molecule has 10 heteroatoms. The van der Waals surface area contributed by atoms with E-state index in [1.165, 1.54) is 42.7 Å². The van der Waals surface area contributed by atoms with Crippen LogP contribution in [0.3, 0.4) is 0 Å². The fraction of sp³-hybridized carbons (Fsp3) is 0.583. The van der Waals surface area contributed by atoms with E-state index in [4.69, 9.17) is 0 Å². The molecule has 0 amide bonds. The molecule has 188 valence electrons. The number of halogens is 3. The molecular formula is C24H31F3N2O3S2. The van der Waals surface area contributed by atoms with Crippen molar-refractivity contribution in [2.24, 2.45) is 5.92 Å². The highest BCUT2D eigenvalue weighted by Crippen LogP contribution is 2.39. The van der Waals surface area contributed by atoms with Crippen LogP contribution in [0.2, 0.25) is 0 Å². The van der Waals surface area contributed by atoms with Crippen molar-refractivity contribution in [3.63, 3.8) is 0 Å². The van der Waals surface area contributed by atoms with Gasteiger partial charge in [-0.2, -0.15) is 17.5 Å². The van der Waals surface area contributed by atoms with Crippen LogP contribution in [-0.2, 0) is 15.6 Å². The van der Waals surface area contributed by atoms with Gasteiger partial charge in [-0.3, -0.25) is 0 Å². The lowest BCUT2D eigenvalue weighted by atomic mass is 9.84. The van der Waals surface area contributed by atoms with Gasteiger partial charge in [0.05, 0.1) is 0 Å². The van der Waals surface area contributed by atoms with Crippen LogP contribution in [0, 0.1) is 5.92 Å². The smallest absolute Gasteiger partial charge is 0.376 e. The molecule has 2 atom stereocenters. The van der Waals surface area contributed by atoms with E-state index < -0.39 is 21.8 Å². The van der Waals surface area contributed by atoms with Gasteiger partial charge in [0.15, 0.2) is 5.60 Å². The first-order chi connectivity index (χ1) is 16.0. The Labute approximate surface area is 203 Å². The van der Waals surface area contributed by atoms with Gasteiger partial charge >= 0.3 is 6.18 Å². The van der Waals surface area contributed by atoms with Gasteiger partial charge in [0.25, 0.3) is 10.0 Å². The monoisotopic (exact) mass is 516 g/mol. The van der Waals surface area contributed by atoms with Crippen molar-refractivity contribution in [2.45, 2.75) is 67.5 Å². The van der Waals surface area contributed by atoms with Gasteiger partial charge in [-0.15, -0.1) is 11.3 Å². The maximum atomic E-state index is 13.2. The van der Waals surface area contributed by atoms with Gasteiger partial charge in [0.2, 0.25) is 0 Å². The highest BCUT2D eigenvalue weighted by atomic mass is 32.2. The predicted octanol–water partition coefficient (Wildman–Crippen LogP) is 5.37. The second-order valence-corrected chi connectivity index (χ2v) is 12.6. The minimum absolute atomic E-state index is 0.0689. The molecule has 1 aliphatic heterocycles. The summed E-state index contributed by atoms with van der Waals surface area (Å²) in [6.45, 7) is 1.86. The Morgan fingerprint density at radius 2 is 1.74 bits per heavy atom. The Balaban J connectivity index is 1.58. The number of rotatable bonds is 6. The molecule has 0 spiro atoms. The number of hydrogen-bond acceptors (Lipinski definition) is 5. The Morgan fingerprint density at radius 1 is 1.06 bits per heavy atom. The molecule has 1 aliphatic carbocycles. The molecule has 4 rings (SSSR count). The SMILES string of the molecule is C[C@@](O)(c1ccc(N2CCN(S(=O)(=O)c3cccs3)C[C@H]2CC2CCCCC2)cc1)C(F)(F)F. The quantitative estimate of drug-likeness (QED) is 0.561. The van der Waals surface area contributed by atoms with Crippen LogP contribution in [0.4, 0.5) is 18.9 Å². The van der Waals surface area contributed by atoms with E-state index in [9.17, 15) is 26.7 Å². The molecule has 2 heterocycles. The van der Waals surface area contributed by atoms with Gasteiger partial charge in [-0.1, -0.05) is 50.3 Å². The standard InChI is InChI=1S/C24H31F3N2O3S2/c1-23(30,24(25,26)27)19-9-11-20(12-10-19)29-14-13-28(34(31,32)22-8-5-15-33-22)17-21(29)16-18-6-3-2-4-7-18/h5,8-12,15,18,21,30H,2-4,6-7,13-14,16-17H2,1H3/t21-,23-/m1/s1. The van der Waals surface area contributed by atoms with Crippen LogP contribution in [-0.4, -0.2) is 49.7 Å². The molecule has 2 aliphatic rings. The van der Waals surface area contributed by atoms with Crippen molar-refractivity contribution < 1.29 is 26.7 Å². The number of benzene rings is 1. The summed E-state index contributed by atoms with van der Waals surface area (Å²) in [7, 11) is -3.57. The highest BCUT2D eigenvalue weighted by molar-refractivity contribution is 7.91. The van der Waals surface area contributed by atoms with Crippen molar-refractivity contribution >= 4 is 27.0 Å². The summed E-state index contributed by atoms with van der Waals surface area (Å²) in [6, 6.07) is 9.11. The summed E-state index contributed by atoms with van der Waals surface area (Å²) < 4.78 is 67.9. The van der Waals surface area contributed by atoms with Crippen LogP contribution in [0.5, 0.6) is 0 Å². The van der Waals surface area contributed by atoms with E-state index in [1.54, 1.807) is 34.0 Å². The second-order valence-electron chi connectivity index (χ2n) is 9.50. The number of sulfonamides is 1. The molecule has 5 nitrogen and oxygen atoms in total. The van der Waals surface area contributed by atoms with Crippen molar-refractivity contribution in [2.75, 3.05) is 24.5 Å². The third-order valence-corrected chi connectivity index (χ3v) is 10.4. The lowest BCUT2D eigenvalue weighted by molar-refractivity contribution is -0.258. The minimum atomic E-state index is -4.78. The molecule has 1 saturated heterocycles. The number of anilines is 1. The van der Waals surface area contributed by atoms with E-state index in [2.05, 4.69) is 4.90 Å². The van der Waals surface area contributed by atoms with E-state index in [0.29, 0.717) is 29.8 Å². The molecular weight excluding hydrogens is 485 g/mol. The van der Waals surface area contributed by atoms with Crippen LogP contribution >= 0.6 is 11.3 Å². The van der Waals surface area contributed by atoms with E-state index in [-0.39, 0.29) is 11.6 Å². The zero-order valence-electron chi connectivity index (χ0n) is 19.2. The second kappa shape index (κ2) is 9.79. The number of aliphatic hydroxyl groups is 1. The third-order valence-electron chi connectivity index (χ3n) is 7.18. The lowest BCUT2D eigenvalue weighted by Crippen LogP contribution is -2.55. The molecule has 1 saturated carbocycles. The normalized spacial score (nSPS) is 23.1. The highest BCUT2D eigenvalue weighted by Gasteiger charge is 2.51. The zero-order valence-corrected chi connectivity index (χ0v) is 20.8. The summed E-state index contributed by atoms with van der Waals surface area (Å²) in [5.74, 6) is 0.510. The van der Waals surface area contributed by atoms with Crippen molar-refractivity contribution in [3.05, 3.63) is 47.3 Å². The van der Waals surface area contributed by atoms with Crippen molar-refractivity contribution in [3.8, 4) is 0 Å². The number of piperazine rings is 1. The Kier molecular flexibility index (Phi) is 7.34. The average Bonchev–Trinajstić information content (AvgIpc) is 3.35. The minimum Gasteiger partial charge on any atom is -0.376 e. The lowest BCUT2D eigenvalue weighted by Gasteiger charge is -2.44. The first kappa shape index (κ1) is 25.5. The van der Waals surface area contributed by atoms with Gasteiger partial charge < -0.3 is 10.0 Å². The third kappa shape index (κ3) is 5.15. The molecule has 34 heavy (non-hydrogen) atoms. The zero-order chi connectivity index (χ0) is 24.6. The maximum Gasteiger partial charge on any atom is 0.421 e. The van der Waals surface area contributed by atoms with E-state index >= 15 is 0 Å². The van der Waals surface area contributed by atoms with Gasteiger partial charge in [0.1, 0.15) is 4.21 Å². The number of alkyl halides is 3. The molecule has 0 bridgehead atoms. The number of nitrogens with zero attached hydrogens (tertiary/aromatic N) is 2. The molecule has 1 N–H and O–H groups in total. The average molecular weight is 517 g/mol. The van der Waals surface area contributed by atoms with Gasteiger partial charge in [0, 0.05) is 31.4 Å². The van der Waals surface area contributed by atoms with Crippen LogP contribution in [0.1, 0.15) is 51.0 Å². The Hall–Kier alpha value is -1.62.